The molecule has 0 aromatic carbocycles. The minimum absolute atomic E-state index is 0.353. The fourth-order valence-corrected chi connectivity index (χ4v) is 0.994. The van der Waals surface area contributed by atoms with Crippen LogP contribution in [-0.2, 0) is 4.74 Å². The highest BCUT2D eigenvalue weighted by atomic mass is 16.6. The third-order valence-corrected chi connectivity index (χ3v) is 1.61. The molecule has 16 heavy (non-hydrogen) atoms. The van der Waals surface area contributed by atoms with Crippen LogP contribution in [0.15, 0.2) is 0 Å². The minimum Gasteiger partial charge on any atom is -0.444 e. The van der Waals surface area contributed by atoms with Crippen LogP contribution in [-0.4, -0.2) is 25.3 Å². The number of hydrogen-bond acceptors (Lipinski definition) is 3. The summed E-state index contributed by atoms with van der Waals surface area (Å²) >= 11 is 0. The summed E-state index contributed by atoms with van der Waals surface area (Å²) in [6.07, 6.45) is 2.38. The van der Waals surface area contributed by atoms with Gasteiger partial charge in [-0.3, -0.25) is 0 Å². The Balaban J connectivity index is 3.42. The number of nitrogens with one attached hydrogen (secondary N) is 2. The Hall–Kier alpha value is -1.37. The van der Waals surface area contributed by atoms with Crippen LogP contribution in [0.1, 0.15) is 40.0 Å². The summed E-state index contributed by atoms with van der Waals surface area (Å²) in [4.78, 5) is 11.2. The molecule has 4 nitrogen and oxygen atoms in total. The zero-order valence-corrected chi connectivity index (χ0v) is 10.6. The molecule has 92 valence electrons. The number of rotatable bonds is 4. The first-order valence-corrected chi connectivity index (χ1v) is 5.57. The van der Waals surface area contributed by atoms with Gasteiger partial charge in [0.15, 0.2) is 0 Å². The Morgan fingerprint density at radius 3 is 2.56 bits per heavy atom. The smallest absolute Gasteiger partial charge is 0.407 e. The summed E-state index contributed by atoms with van der Waals surface area (Å²) in [5.74, 6) is 2.96. The fourth-order valence-electron chi connectivity index (χ4n) is 0.994. The van der Waals surface area contributed by atoms with Gasteiger partial charge >= 0.3 is 6.09 Å². The normalized spacial score (nSPS) is 10.0. The molecule has 0 aliphatic rings. The summed E-state index contributed by atoms with van der Waals surface area (Å²) in [5.41, 5.74) is -0.428. The highest BCUT2D eigenvalue weighted by molar-refractivity contribution is 5.67. The second-order valence-electron chi connectivity index (χ2n) is 4.44. The largest absolute Gasteiger partial charge is 0.444 e. The molecule has 0 heterocycles. The zero-order chi connectivity index (χ0) is 12.4. The third kappa shape index (κ3) is 10.7. The Labute approximate surface area is 98.1 Å². The number of ether oxygens (including phenoxy) is 1. The Morgan fingerprint density at radius 2 is 2.00 bits per heavy atom. The Bertz CT molecular complexity index is 258. The van der Waals surface area contributed by atoms with E-state index >= 15 is 0 Å². The standard InChI is InChI=1S/C12H22N2O2/c1-12(2,3)16-11(15)14-10-8-6-5-7-9-13-4/h13H,5-6,8,10H2,1-4H3,(H,14,15). The first-order chi connectivity index (χ1) is 7.45. The maximum Gasteiger partial charge on any atom is 0.407 e. The monoisotopic (exact) mass is 226 g/mol. The molecule has 1 amide bonds. The summed E-state index contributed by atoms with van der Waals surface area (Å²) in [7, 11) is 1.79. The second-order valence-corrected chi connectivity index (χ2v) is 4.44. The maximum atomic E-state index is 11.2. The number of amides is 1. The quantitative estimate of drug-likeness (QED) is 0.437. The van der Waals surface area contributed by atoms with Crippen LogP contribution in [0.2, 0.25) is 0 Å². The van der Waals surface area contributed by atoms with Crippen molar-refractivity contribution in [2.24, 2.45) is 0 Å². The minimum atomic E-state index is -0.428. The average Bonchev–Trinajstić information content (AvgIpc) is 2.13. The van der Waals surface area contributed by atoms with Crippen LogP contribution < -0.4 is 10.6 Å². The van der Waals surface area contributed by atoms with Gasteiger partial charge in [0, 0.05) is 26.1 Å². The lowest BCUT2D eigenvalue weighted by molar-refractivity contribution is 0.0527. The van der Waals surface area contributed by atoms with Crippen LogP contribution in [0.4, 0.5) is 4.79 Å². The molecule has 0 radical (unpaired) electrons. The molecular weight excluding hydrogens is 204 g/mol. The van der Waals surface area contributed by atoms with Crippen molar-refractivity contribution < 1.29 is 9.53 Å². The van der Waals surface area contributed by atoms with Gasteiger partial charge in [-0.15, -0.1) is 0 Å². The first-order valence-electron chi connectivity index (χ1n) is 5.57. The van der Waals surface area contributed by atoms with Crippen molar-refractivity contribution in [1.29, 1.82) is 0 Å². The van der Waals surface area contributed by atoms with Crippen molar-refractivity contribution >= 4 is 6.09 Å². The lowest BCUT2D eigenvalue weighted by Crippen LogP contribution is -2.32. The van der Waals surface area contributed by atoms with Gasteiger partial charge in [-0.2, -0.15) is 0 Å². The van der Waals surface area contributed by atoms with E-state index in [2.05, 4.69) is 22.6 Å². The molecule has 0 aromatic heterocycles. The molecule has 0 aliphatic carbocycles. The lowest BCUT2D eigenvalue weighted by atomic mass is 10.2. The molecule has 0 rings (SSSR count). The van der Waals surface area contributed by atoms with E-state index in [-0.39, 0.29) is 6.09 Å². The number of carbonyl (C=O) groups is 1. The van der Waals surface area contributed by atoms with Crippen molar-refractivity contribution in [2.75, 3.05) is 13.6 Å². The van der Waals surface area contributed by atoms with Crippen molar-refractivity contribution in [3.8, 4) is 12.0 Å². The molecule has 0 unspecified atom stereocenters. The molecule has 4 heteroatoms. The van der Waals surface area contributed by atoms with E-state index < -0.39 is 5.60 Å². The van der Waals surface area contributed by atoms with E-state index in [9.17, 15) is 4.79 Å². The van der Waals surface area contributed by atoms with E-state index in [0.29, 0.717) is 6.54 Å². The summed E-state index contributed by atoms with van der Waals surface area (Å²) in [6.45, 7) is 6.18. The third-order valence-electron chi connectivity index (χ3n) is 1.61. The summed E-state index contributed by atoms with van der Waals surface area (Å²) in [5, 5.41) is 5.46. The highest BCUT2D eigenvalue weighted by Crippen LogP contribution is 2.06. The van der Waals surface area contributed by atoms with E-state index in [1.54, 1.807) is 7.05 Å². The summed E-state index contributed by atoms with van der Waals surface area (Å²) < 4.78 is 5.09. The fraction of sp³-hybridized carbons (Fsp3) is 0.750. The van der Waals surface area contributed by atoms with Crippen molar-refractivity contribution in [3.05, 3.63) is 0 Å². The van der Waals surface area contributed by atoms with Gasteiger partial charge in [-0.25, -0.2) is 4.79 Å². The molecular formula is C12H22N2O2. The second kappa shape index (κ2) is 7.86. The molecule has 2 N–H and O–H groups in total. The van der Waals surface area contributed by atoms with Crippen LogP contribution in [0.25, 0.3) is 0 Å². The number of alkyl carbamates (subject to hydrolysis) is 1. The Kier molecular flexibility index (Phi) is 7.19. The molecule has 0 saturated heterocycles. The highest BCUT2D eigenvalue weighted by Gasteiger charge is 2.15. The van der Waals surface area contributed by atoms with Crippen LogP contribution in [0.5, 0.6) is 0 Å². The molecule has 0 bridgehead atoms. The van der Waals surface area contributed by atoms with E-state index in [4.69, 9.17) is 4.74 Å². The van der Waals surface area contributed by atoms with Crippen LogP contribution in [0, 0.1) is 12.0 Å². The molecule has 0 saturated carbocycles. The van der Waals surface area contributed by atoms with Gasteiger partial charge in [0.2, 0.25) is 0 Å². The van der Waals surface area contributed by atoms with Gasteiger partial charge in [-0.05, 0) is 33.6 Å². The molecule has 0 spiro atoms. The van der Waals surface area contributed by atoms with Crippen molar-refractivity contribution in [1.82, 2.24) is 10.6 Å². The SMILES string of the molecule is CNC#CCCCCNC(=O)OC(C)(C)C. The van der Waals surface area contributed by atoms with Gasteiger partial charge in [-0.1, -0.05) is 5.92 Å². The predicted octanol–water partition coefficient (Wildman–Crippen LogP) is 1.86. The van der Waals surface area contributed by atoms with Gasteiger partial charge < -0.3 is 15.4 Å². The topological polar surface area (TPSA) is 50.4 Å². The van der Waals surface area contributed by atoms with Gasteiger partial charge in [0.1, 0.15) is 5.60 Å². The van der Waals surface area contributed by atoms with Crippen LogP contribution >= 0.6 is 0 Å². The first kappa shape index (κ1) is 14.6. The van der Waals surface area contributed by atoms with Crippen LogP contribution in [0.3, 0.4) is 0 Å². The maximum absolute atomic E-state index is 11.2. The van der Waals surface area contributed by atoms with Gasteiger partial charge in [0.25, 0.3) is 0 Å². The average molecular weight is 226 g/mol. The van der Waals surface area contributed by atoms with Gasteiger partial charge in [0.05, 0.1) is 0 Å². The molecule has 0 aromatic rings. The lowest BCUT2D eigenvalue weighted by Gasteiger charge is -2.19. The number of hydrogen-bond donors (Lipinski definition) is 2. The zero-order valence-electron chi connectivity index (χ0n) is 10.6. The van der Waals surface area contributed by atoms with E-state index in [0.717, 1.165) is 19.3 Å². The van der Waals surface area contributed by atoms with Crippen molar-refractivity contribution in [3.63, 3.8) is 0 Å². The predicted molar refractivity (Wildman–Crippen MR) is 64.9 cm³/mol. The van der Waals surface area contributed by atoms with E-state index in [1.165, 1.54) is 0 Å². The Morgan fingerprint density at radius 1 is 1.31 bits per heavy atom. The number of unbranched alkanes of at least 4 members (excludes halogenated alkanes) is 2. The number of carbonyl (C=O) groups excluding carboxylic acids is 1. The molecule has 0 aliphatic heterocycles. The van der Waals surface area contributed by atoms with Crippen molar-refractivity contribution in [2.45, 2.75) is 45.6 Å². The summed E-state index contributed by atoms with van der Waals surface area (Å²) in [6, 6.07) is 2.77. The van der Waals surface area contributed by atoms with E-state index in [1.807, 2.05) is 20.8 Å². The molecule has 0 fully saturated rings. The molecule has 0 atom stereocenters.